The van der Waals surface area contributed by atoms with Crippen molar-refractivity contribution in [3.8, 4) is 11.1 Å². The van der Waals surface area contributed by atoms with Crippen LogP contribution in [0.15, 0.2) is 42.5 Å². The maximum atomic E-state index is 12.5. The van der Waals surface area contributed by atoms with Gasteiger partial charge in [0.05, 0.1) is 0 Å². The topological polar surface area (TPSA) is 61.4 Å². The predicted molar refractivity (Wildman–Crippen MR) is 116 cm³/mol. The number of nitrogens with one attached hydrogen (secondary N) is 2. The number of hydrogen-bond donors (Lipinski definition) is 2. The van der Waals surface area contributed by atoms with E-state index in [-0.39, 0.29) is 11.8 Å². The molecule has 2 amide bonds. The van der Waals surface area contributed by atoms with Crippen molar-refractivity contribution in [2.75, 3.05) is 31.1 Å². The molecule has 0 spiro atoms. The third-order valence-corrected chi connectivity index (χ3v) is 6.07. The Morgan fingerprint density at radius 1 is 1.07 bits per heavy atom. The molecule has 2 N–H and O–H groups in total. The van der Waals surface area contributed by atoms with Crippen molar-refractivity contribution in [3.05, 3.63) is 53.6 Å². The first-order chi connectivity index (χ1) is 14.2. The molecule has 0 saturated carbocycles. The van der Waals surface area contributed by atoms with Crippen LogP contribution in [0.3, 0.4) is 0 Å². The molecule has 2 aliphatic heterocycles. The SMILES string of the molecule is CCC(=O)N1CCc2cc(-c3ccc(C(=O)NCC4CCNCC4)cc3)ccc21. The van der Waals surface area contributed by atoms with E-state index in [1.54, 1.807) is 0 Å². The standard InChI is InChI=1S/C24H29N3O2/c1-2-23(28)27-14-11-21-15-20(7-8-22(21)27)18-3-5-19(6-4-18)24(29)26-16-17-9-12-25-13-10-17/h3-8,15,17,25H,2,9-14,16H2,1H3,(H,26,29). The first kappa shape index (κ1) is 19.6. The van der Waals surface area contributed by atoms with Crippen LogP contribution in [0.4, 0.5) is 5.69 Å². The van der Waals surface area contributed by atoms with Gasteiger partial charge in [-0.3, -0.25) is 9.59 Å². The Morgan fingerprint density at radius 2 is 1.79 bits per heavy atom. The molecule has 1 fully saturated rings. The number of benzene rings is 2. The van der Waals surface area contributed by atoms with E-state index >= 15 is 0 Å². The Balaban J connectivity index is 1.41. The Hall–Kier alpha value is -2.66. The fourth-order valence-corrected chi connectivity index (χ4v) is 4.27. The highest BCUT2D eigenvalue weighted by atomic mass is 16.2. The second kappa shape index (κ2) is 8.78. The molecule has 2 aliphatic rings. The van der Waals surface area contributed by atoms with E-state index < -0.39 is 0 Å². The molecule has 4 rings (SSSR count). The summed E-state index contributed by atoms with van der Waals surface area (Å²) in [6.45, 7) is 5.50. The number of amides is 2. The molecule has 29 heavy (non-hydrogen) atoms. The van der Waals surface area contributed by atoms with Crippen molar-refractivity contribution < 1.29 is 9.59 Å². The summed E-state index contributed by atoms with van der Waals surface area (Å²) in [6.07, 6.45) is 3.67. The summed E-state index contributed by atoms with van der Waals surface area (Å²) in [4.78, 5) is 26.4. The summed E-state index contributed by atoms with van der Waals surface area (Å²) >= 11 is 0. The minimum Gasteiger partial charge on any atom is -0.352 e. The smallest absolute Gasteiger partial charge is 0.251 e. The minimum atomic E-state index is -0.00208. The zero-order valence-corrected chi connectivity index (χ0v) is 17.0. The van der Waals surface area contributed by atoms with Gasteiger partial charge >= 0.3 is 0 Å². The van der Waals surface area contributed by atoms with Crippen LogP contribution >= 0.6 is 0 Å². The first-order valence-corrected chi connectivity index (χ1v) is 10.7. The summed E-state index contributed by atoms with van der Waals surface area (Å²) in [6, 6.07) is 14.1. The number of anilines is 1. The third kappa shape index (κ3) is 4.35. The fourth-order valence-electron chi connectivity index (χ4n) is 4.27. The number of hydrogen-bond acceptors (Lipinski definition) is 3. The summed E-state index contributed by atoms with van der Waals surface area (Å²) in [7, 11) is 0. The number of rotatable bonds is 5. The monoisotopic (exact) mass is 391 g/mol. The van der Waals surface area contributed by atoms with E-state index in [4.69, 9.17) is 0 Å². The molecule has 2 aromatic carbocycles. The molecule has 2 aromatic rings. The maximum absolute atomic E-state index is 12.5. The highest BCUT2D eigenvalue weighted by molar-refractivity contribution is 5.96. The van der Waals surface area contributed by atoms with Gasteiger partial charge in [0.15, 0.2) is 0 Å². The molecular formula is C24H29N3O2. The van der Waals surface area contributed by atoms with Crippen LogP contribution in [0.25, 0.3) is 11.1 Å². The summed E-state index contributed by atoms with van der Waals surface area (Å²) in [5, 5.41) is 6.43. The van der Waals surface area contributed by atoms with E-state index in [1.165, 1.54) is 5.56 Å². The van der Waals surface area contributed by atoms with Crippen molar-refractivity contribution in [2.45, 2.75) is 32.6 Å². The van der Waals surface area contributed by atoms with Crippen molar-refractivity contribution in [1.82, 2.24) is 10.6 Å². The first-order valence-electron chi connectivity index (χ1n) is 10.7. The van der Waals surface area contributed by atoms with E-state index in [0.29, 0.717) is 17.9 Å². The van der Waals surface area contributed by atoms with Crippen molar-refractivity contribution in [1.29, 1.82) is 0 Å². The number of carbonyl (C=O) groups is 2. The van der Waals surface area contributed by atoms with Crippen LogP contribution in [0.2, 0.25) is 0 Å². The van der Waals surface area contributed by atoms with Gasteiger partial charge in [0.2, 0.25) is 5.91 Å². The van der Waals surface area contributed by atoms with Crippen LogP contribution in [-0.4, -0.2) is 38.0 Å². The van der Waals surface area contributed by atoms with Gasteiger partial charge in [0.25, 0.3) is 5.91 Å². The number of nitrogens with zero attached hydrogens (tertiary/aromatic N) is 1. The zero-order chi connectivity index (χ0) is 20.2. The fraction of sp³-hybridized carbons (Fsp3) is 0.417. The van der Waals surface area contributed by atoms with E-state index in [2.05, 4.69) is 22.8 Å². The summed E-state index contributed by atoms with van der Waals surface area (Å²) in [5.41, 5.74) is 5.16. The van der Waals surface area contributed by atoms with Crippen LogP contribution in [0.1, 0.15) is 42.1 Å². The van der Waals surface area contributed by atoms with Crippen LogP contribution in [0.5, 0.6) is 0 Å². The molecule has 5 heteroatoms. The number of piperidine rings is 1. The second-order valence-corrected chi connectivity index (χ2v) is 7.97. The van der Waals surface area contributed by atoms with E-state index in [9.17, 15) is 9.59 Å². The molecular weight excluding hydrogens is 362 g/mol. The predicted octanol–water partition coefficient (Wildman–Crippen LogP) is 3.38. The summed E-state index contributed by atoms with van der Waals surface area (Å²) in [5.74, 6) is 0.749. The number of fused-ring (bicyclic) bond motifs is 1. The van der Waals surface area contributed by atoms with E-state index in [1.807, 2.05) is 42.2 Å². The van der Waals surface area contributed by atoms with Crippen LogP contribution in [-0.2, 0) is 11.2 Å². The van der Waals surface area contributed by atoms with Crippen LogP contribution < -0.4 is 15.5 Å². The van der Waals surface area contributed by atoms with Gasteiger partial charge in [0, 0.05) is 30.8 Å². The average Bonchev–Trinajstić information content (AvgIpc) is 3.21. The minimum absolute atomic E-state index is 0.00208. The molecule has 0 aliphatic carbocycles. The lowest BCUT2D eigenvalue weighted by Crippen LogP contribution is -2.35. The zero-order valence-electron chi connectivity index (χ0n) is 17.0. The highest BCUT2D eigenvalue weighted by Crippen LogP contribution is 2.32. The highest BCUT2D eigenvalue weighted by Gasteiger charge is 2.23. The quantitative estimate of drug-likeness (QED) is 0.821. The van der Waals surface area contributed by atoms with Crippen molar-refractivity contribution in [2.24, 2.45) is 5.92 Å². The molecule has 0 radical (unpaired) electrons. The molecule has 5 nitrogen and oxygen atoms in total. The summed E-state index contributed by atoms with van der Waals surface area (Å²) < 4.78 is 0. The van der Waals surface area contributed by atoms with Gasteiger partial charge in [-0.25, -0.2) is 0 Å². The lowest BCUT2D eigenvalue weighted by atomic mass is 9.98. The Morgan fingerprint density at radius 3 is 2.52 bits per heavy atom. The molecule has 1 saturated heterocycles. The molecule has 0 aromatic heterocycles. The van der Waals surface area contributed by atoms with Crippen LogP contribution in [0, 0.1) is 5.92 Å². The molecule has 0 atom stereocenters. The lowest BCUT2D eigenvalue weighted by Gasteiger charge is -2.22. The van der Waals surface area contributed by atoms with Gasteiger partial charge < -0.3 is 15.5 Å². The van der Waals surface area contributed by atoms with Gasteiger partial charge in [-0.15, -0.1) is 0 Å². The van der Waals surface area contributed by atoms with Gasteiger partial charge in [0.1, 0.15) is 0 Å². The van der Waals surface area contributed by atoms with Gasteiger partial charge in [-0.2, -0.15) is 0 Å². The third-order valence-electron chi connectivity index (χ3n) is 6.07. The van der Waals surface area contributed by atoms with Crippen molar-refractivity contribution in [3.63, 3.8) is 0 Å². The average molecular weight is 392 g/mol. The van der Waals surface area contributed by atoms with Gasteiger partial charge in [-0.05, 0) is 79.2 Å². The van der Waals surface area contributed by atoms with E-state index in [0.717, 1.165) is 62.3 Å². The largest absolute Gasteiger partial charge is 0.352 e. The molecule has 0 bridgehead atoms. The van der Waals surface area contributed by atoms with Gasteiger partial charge in [-0.1, -0.05) is 25.1 Å². The lowest BCUT2D eigenvalue weighted by molar-refractivity contribution is -0.118. The normalized spacial score (nSPS) is 16.5. The Labute approximate surface area is 172 Å². The molecule has 0 unspecified atom stereocenters. The molecule has 152 valence electrons. The molecule has 2 heterocycles. The Bertz CT molecular complexity index is 885. The maximum Gasteiger partial charge on any atom is 0.251 e. The van der Waals surface area contributed by atoms with Crippen molar-refractivity contribution >= 4 is 17.5 Å². The second-order valence-electron chi connectivity index (χ2n) is 7.97. The number of carbonyl (C=O) groups excluding carboxylic acids is 2. The Kier molecular flexibility index (Phi) is 5.95.